The van der Waals surface area contributed by atoms with Crippen molar-refractivity contribution in [2.45, 2.75) is 32.3 Å². The van der Waals surface area contributed by atoms with Gasteiger partial charge in [0, 0.05) is 26.7 Å². The predicted octanol–water partition coefficient (Wildman–Crippen LogP) is 1.96. The Morgan fingerprint density at radius 1 is 1.42 bits per heavy atom. The molecule has 0 bridgehead atoms. The van der Waals surface area contributed by atoms with Crippen molar-refractivity contribution in [1.82, 2.24) is 15.0 Å². The largest absolute Gasteiger partial charge is 0.376 e. The molecule has 0 radical (unpaired) electrons. The van der Waals surface area contributed by atoms with Crippen LogP contribution in [0.3, 0.4) is 0 Å². The van der Waals surface area contributed by atoms with Gasteiger partial charge in [0.2, 0.25) is 17.2 Å². The number of aromatic nitrogens is 3. The van der Waals surface area contributed by atoms with E-state index in [0.29, 0.717) is 11.9 Å². The zero-order chi connectivity index (χ0) is 13.7. The first-order chi connectivity index (χ1) is 9.19. The molecule has 19 heavy (non-hydrogen) atoms. The molecule has 6 nitrogen and oxygen atoms in total. The summed E-state index contributed by atoms with van der Waals surface area (Å²) in [7, 11) is 1.94. The van der Waals surface area contributed by atoms with Crippen LogP contribution in [0.25, 0.3) is 0 Å². The van der Waals surface area contributed by atoms with Crippen LogP contribution < -0.4 is 10.2 Å². The van der Waals surface area contributed by atoms with Gasteiger partial charge in [-0.15, -0.1) is 0 Å². The van der Waals surface area contributed by atoms with E-state index < -0.39 is 0 Å². The third kappa shape index (κ3) is 4.18. The first-order valence-corrected chi connectivity index (χ1v) is 7.05. The second-order valence-electron chi connectivity index (χ2n) is 4.67. The number of ether oxygens (including phenoxy) is 1. The average Bonchev–Trinajstić information content (AvgIpc) is 2.88. The molecule has 1 saturated heterocycles. The number of nitrogens with one attached hydrogen (secondary N) is 1. The molecule has 1 aromatic rings. The second-order valence-corrected chi connectivity index (χ2v) is 5.01. The lowest BCUT2D eigenvalue weighted by Crippen LogP contribution is -2.30. The van der Waals surface area contributed by atoms with E-state index in [-0.39, 0.29) is 11.4 Å². The SMILES string of the molecule is CCCNc1nc(Cl)nc(N(C)CC2CCCO2)n1. The van der Waals surface area contributed by atoms with Gasteiger partial charge in [0.15, 0.2) is 0 Å². The molecule has 2 rings (SSSR count). The summed E-state index contributed by atoms with van der Waals surface area (Å²) >= 11 is 5.93. The highest BCUT2D eigenvalue weighted by molar-refractivity contribution is 6.28. The predicted molar refractivity (Wildman–Crippen MR) is 75.9 cm³/mol. The van der Waals surface area contributed by atoms with Crippen molar-refractivity contribution >= 4 is 23.5 Å². The van der Waals surface area contributed by atoms with Gasteiger partial charge in [-0.05, 0) is 30.9 Å². The number of nitrogens with zero attached hydrogens (tertiary/aromatic N) is 4. The van der Waals surface area contributed by atoms with E-state index in [4.69, 9.17) is 16.3 Å². The quantitative estimate of drug-likeness (QED) is 0.862. The second kappa shape index (κ2) is 6.86. The number of halogens is 1. The molecule has 1 fully saturated rings. The summed E-state index contributed by atoms with van der Waals surface area (Å²) in [4.78, 5) is 14.5. The summed E-state index contributed by atoms with van der Waals surface area (Å²) in [5, 5.41) is 3.33. The Labute approximate surface area is 118 Å². The fourth-order valence-electron chi connectivity index (χ4n) is 2.00. The minimum Gasteiger partial charge on any atom is -0.376 e. The van der Waals surface area contributed by atoms with Crippen LogP contribution in [-0.4, -0.2) is 47.8 Å². The van der Waals surface area contributed by atoms with Crippen LogP contribution in [0.1, 0.15) is 26.2 Å². The summed E-state index contributed by atoms with van der Waals surface area (Å²) in [5.74, 6) is 1.10. The Bertz CT molecular complexity index is 411. The molecule has 0 aliphatic carbocycles. The smallest absolute Gasteiger partial charge is 0.231 e. The van der Waals surface area contributed by atoms with E-state index in [1.165, 1.54) is 0 Å². The first kappa shape index (κ1) is 14.3. The Morgan fingerprint density at radius 3 is 2.95 bits per heavy atom. The third-order valence-corrected chi connectivity index (χ3v) is 3.14. The van der Waals surface area contributed by atoms with E-state index in [2.05, 4.69) is 27.2 Å². The summed E-state index contributed by atoms with van der Waals surface area (Å²) in [5.41, 5.74) is 0. The Kier molecular flexibility index (Phi) is 5.15. The summed E-state index contributed by atoms with van der Waals surface area (Å²) in [6, 6.07) is 0. The van der Waals surface area contributed by atoms with Crippen LogP contribution in [0.2, 0.25) is 5.28 Å². The molecule has 2 heterocycles. The van der Waals surface area contributed by atoms with E-state index in [1.54, 1.807) is 0 Å². The van der Waals surface area contributed by atoms with Crippen LogP contribution in [0, 0.1) is 0 Å². The van der Waals surface area contributed by atoms with Gasteiger partial charge in [0.05, 0.1) is 6.10 Å². The van der Waals surface area contributed by atoms with Crippen molar-refractivity contribution in [2.24, 2.45) is 0 Å². The van der Waals surface area contributed by atoms with Crippen LogP contribution in [0.5, 0.6) is 0 Å². The van der Waals surface area contributed by atoms with Crippen LogP contribution in [0.15, 0.2) is 0 Å². The topological polar surface area (TPSA) is 63.2 Å². The van der Waals surface area contributed by atoms with Gasteiger partial charge in [-0.3, -0.25) is 0 Å². The van der Waals surface area contributed by atoms with Crippen molar-refractivity contribution in [3.05, 3.63) is 5.28 Å². The third-order valence-electron chi connectivity index (χ3n) is 2.97. The maximum atomic E-state index is 5.93. The molecule has 0 amide bonds. The normalized spacial score (nSPS) is 18.6. The average molecular weight is 286 g/mol. The van der Waals surface area contributed by atoms with Crippen molar-refractivity contribution < 1.29 is 4.74 Å². The molecule has 0 aromatic carbocycles. The highest BCUT2D eigenvalue weighted by Gasteiger charge is 2.19. The van der Waals surface area contributed by atoms with Crippen molar-refractivity contribution in [2.75, 3.05) is 37.0 Å². The molecular formula is C12H20ClN5O. The lowest BCUT2D eigenvalue weighted by molar-refractivity contribution is 0.116. The van der Waals surface area contributed by atoms with Crippen LogP contribution in [-0.2, 0) is 4.74 Å². The maximum Gasteiger partial charge on any atom is 0.231 e. The van der Waals surface area contributed by atoms with Crippen LogP contribution >= 0.6 is 11.6 Å². The van der Waals surface area contributed by atoms with Gasteiger partial charge in [-0.1, -0.05) is 6.92 Å². The Morgan fingerprint density at radius 2 is 2.26 bits per heavy atom. The number of rotatable bonds is 6. The van der Waals surface area contributed by atoms with Gasteiger partial charge < -0.3 is 15.0 Å². The maximum absolute atomic E-state index is 5.93. The van der Waals surface area contributed by atoms with E-state index in [0.717, 1.165) is 39.0 Å². The zero-order valence-corrected chi connectivity index (χ0v) is 12.2. The molecule has 1 unspecified atom stereocenters. The van der Waals surface area contributed by atoms with E-state index >= 15 is 0 Å². The van der Waals surface area contributed by atoms with Gasteiger partial charge in [-0.2, -0.15) is 15.0 Å². The molecule has 1 aromatic heterocycles. The molecule has 106 valence electrons. The molecule has 0 spiro atoms. The molecular weight excluding hydrogens is 266 g/mol. The number of hydrogen-bond acceptors (Lipinski definition) is 6. The highest BCUT2D eigenvalue weighted by atomic mass is 35.5. The van der Waals surface area contributed by atoms with Gasteiger partial charge in [0.25, 0.3) is 0 Å². The Hall–Kier alpha value is -1.14. The summed E-state index contributed by atoms with van der Waals surface area (Å²) in [6.07, 6.45) is 3.47. The lowest BCUT2D eigenvalue weighted by Gasteiger charge is -2.21. The molecule has 1 aliphatic heterocycles. The monoisotopic (exact) mass is 285 g/mol. The molecule has 1 aliphatic rings. The lowest BCUT2D eigenvalue weighted by atomic mass is 10.2. The van der Waals surface area contributed by atoms with Gasteiger partial charge in [-0.25, -0.2) is 0 Å². The first-order valence-electron chi connectivity index (χ1n) is 6.67. The fourth-order valence-corrected chi connectivity index (χ4v) is 2.16. The molecule has 1 atom stereocenters. The molecule has 0 saturated carbocycles. The standard InChI is InChI=1S/C12H20ClN5O/c1-3-6-14-11-15-10(13)16-12(17-11)18(2)8-9-5-4-7-19-9/h9H,3-8H2,1-2H3,(H,14,15,16,17). The van der Waals surface area contributed by atoms with Crippen molar-refractivity contribution in [3.8, 4) is 0 Å². The van der Waals surface area contributed by atoms with E-state index in [9.17, 15) is 0 Å². The summed E-state index contributed by atoms with van der Waals surface area (Å²) in [6.45, 7) is 4.52. The summed E-state index contributed by atoms with van der Waals surface area (Å²) < 4.78 is 5.61. The van der Waals surface area contributed by atoms with Gasteiger partial charge in [0.1, 0.15) is 0 Å². The van der Waals surface area contributed by atoms with Crippen LogP contribution in [0.4, 0.5) is 11.9 Å². The number of anilines is 2. The minimum absolute atomic E-state index is 0.211. The number of likely N-dealkylation sites (N-methyl/N-ethyl adjacent to an activating group) is 1. The fraction of sp³-hybridized carbons (Fsp3) is 0.750. The molecule has 1 N–H and O–H groups in total. The molecule has 7 heteroatoms. The minimum atomic E-state index is 0.211. The van der Waals surface area contributed by atoms with Crippen molar-refractivity contribution in [1.29, 1.82) is 0 Å². The zero-order valence-electron chi connectivity index (χ0n) is 11.4. The highest BCUT2D eigenvalue weighted by Crippen LogP contribution is 2.17. The Balaban J connectivity index is 2.02. The number of hydrogen-bond donors (Lipinski definition) is 1. The van der Waals surface area contributed by atoms with E-state index in [1.807, 2.05) is 11.9 Å². The van der Waals surface area contributed by atoms with Crippen molar-refractivity contribution in [3.63, 3.8) is 0 Å². The van der Waals surface area contributed by atoms with Gasteiger partial charge >= 0.3 is 0 Å².